The molecule has 0 bridgehead atoms. The van der Waals surface area contributed by atoms with Crippen LogP contribution in [0.3, 0.4) is 0 Å². The fraction of sp³-hybridized carbons (Fsp3) is 0.316. The summed E-state index contributed by atoms with van der Waals surface area (Å²) in [4.78, 5) is 14.6. The van der Waals surface area contributed by atoms with Gasteiger partial charge >= 0.3 is 0 Å². The lowest BCUT2D eigenvalue weighted by molar-refractivity contribution is 0.0765. The lowest BCUT2D eigenvalue weighted by Gasteiger charge is -2.23. The van der Waals surface area contributed by atoms with Crippen molar-refractivity contribution >= 4 is 5.91 Å². The van der Waals surface area contributed by atoms with E-state index in [1.165, 1.54) is 5.56 Å². The van der Waals surface area contributed by atoms with Crippen molar-refractivity contribution in [3.8, 4) is 11.5 Å². The van der Waals surface area contributed by atoms with E-state index in [0.29, 0.717) is 43.4 Å². The number of fused-ring (bicyclic) bond motifs is 1. The van der Waals surface area contributed by atoms with Gasteiger partial charge in [-0.15, -0.1) is 0 Å². The summed E-state index contributed by atoms with van der Waals surface area (Å²) in [5.74, 6) is 1.39. The molecule has 0 saturated carbocycles. The Labute approximate surface area is 136 Å². The van der Waals surface area contributed by atoms with Gasteiger partial charge in [-0.05, 0) is 37.1 Å². The number of hydrogen-bond donors (Lipinski definition) is 0. The highest BCUT2D eigenvalue weighted by atomic mass is 16.6. The second kappa shape index (κ2) is 7.18. The zero-order valence-electron chi connectivity index (χ0n) is 13.3. The van der Waals surface area contributed by atoms with E-state index in [1.54, 1.807) is 12.1 Å². The maximum atomic E-state index is 12.7. The van der Waals surface area contributed by atoms with E-state index in [9.17, 15) is 4.79 Å². The molecule has 4 heteroatoms. The molecule has 4 nitrogen and oxygen atoms in total. The van der Waals surface area contributed by atoms with Gasteiger partial charge in [-0.25, -0.2) is 0 Å². The van der Waals surface area contributed by atoms with Crippen molar-refractivity contribution in [3.63, 3.8) is 0 Å². The Morgan fingerprint density at radius 3 is 2.52 bits per heavy atom. The van der Waals surface area contributed by atoms with Crippen molar-refractivity contribution < 1.29 is 14.3 Å². The predicted molar refractivity (Wildman–Crippen MR) is 89.2 cm³/mol. The molecular formula is C19H21NO3. The van der Waals surface area contributed by atoms with Crippen LogP contribution >= 0.6 is 0 Å². The minimum atomic E-state index is 0.0282. The van der Waals surface area contributed by atoms with Crippen LogP contribution in [-0.2, 0) is 6.42 Å². The molecule has 1 amide bonds. The zero-order chi connectivity index (χ0) is 16.1. The summed E-state index contributed by atoms with van der Waals surface area (Å²) in [6, 6.07) is 15.6. The summed E-state index contributed by atoms with van der Waals surface area (Å²) in [5, 5.41) is 0. The van der Waals surface area contributed by atoms with E-state index in [2.05, 4.69) is 12.1 Å². The summed E-state index contributed by atoms with van der Waals surface area (Å²) < 4.78 is 11.1. The first kappa shape index (κ1) is 15.4. The Balaban J connectivity index is 1.69. The third-order valence-corrected chi connectivity index (χ3v) is 3.97. The van der Waals surface area contributed by atoms with Gasteiger partial charge in [0.25, 0.3) is 5.91 Å². The van der Waals surface area contributed by atoms with Gasteiger partial charge in [0.2, 0.25) is 0 Å². The van der Waals surface area contributed by atoms with Crippen molar-refractivity contribution in [1.29, 1.82) is 0 Å². The van der Waals surface area contributed by atoms with Gasteiger partial charge in [0.05, 0.1) is 0 Å². The molecule has 3 rings (SSSR count). The molecule has 0 saturated heterocycles. The number of nitrogens with zero attached hydrogens (tertiary/aromatic N) is 1. The lowest BCUT2D eigenvalue weighted by Crippen LogP contribution is -2.32. The average molecular weight is 311 g/mol. The summed E-state index contributed by atoms with van der Waals surface area (Å²) in [6.45, 7) is 4.46. The van der Waals surface area contributed by atoms with Crippen LogP contribution in [0.25, 0.3) is 0 Å². The molecule has 0 atom stereocenters. The summed E-state index contributed by atoms with van der Waals surface area (Å²) in [7, 11) is 0. The average Bonchev–Trinajstić information content (AvgIpc) is 2.62. The van der Waals surface area contributed by atoms with E-state index in [4.69, 9.17) is 9.47 Å². The summed E-state index contributed by atoms with van der Waals surface area (Å²) in [5.41, 5.74) is 1.88. The molecule has 2 aromatic rings. The van der Waals surface area contributed by atoms with Gasteiger partial charge in [0.1, 0.15) is 13.2 Å². The molecule has 0 fully saturated rings. The third kappa shape index (κ3) is 3.65. The number of benzene rings is 2. The van der Waals surface area contributed by atoms with Crippen LogP contribution in [0.15, 0.2) is 48.5 Å². The van der Waals surface area contributed by atoms with Gasteiger partial charge in [-0.3, -0.25) is 4.79 Å². The van der Waals surface area contributed by atoms with E-state index < -0.39 is 0 Å². The van der Waals surface area contributed by atoms with Gasteiger partial charge < -0.3 is 14.4 Å². The molecule has 2 aromatic carbocycles. The van der Waals surface area contributed by atoms with E-state index in [-0.39, 0.29) is 5.91 Å². The summed E-state index contributed by atoms with van der Waals surface area (Å²) >= 11 is 0. The SMILES string of the molecule is CCN(CCc1ccccc1)C(=O)c1ccc2c(c1)OCCO2. The van der Waals surface area contributed by atoms with Crippen molar-refractivity contribution in [2.45, 2.75) is 13.3 Å². The van der Waals surface area contributed by atoms with Crippen LogP contribution in [0.1, 0.15) is 22.8 Å². The molecule has 1 aliphatic rings. The molecule has 0 aliphatic carbocycles. The molecule has 1 aliphatic heterocycles. The van der Waals surface area contributed by atoms with E-state index >= 15 is 0 Å². The Morgan fingerprint density at radius 1 is 1.04 bits per heavy atom. The Bertz CT molecular complexity index is 670. The Hall–Kier alpha value is -2.49. The molecule has 0 aromatic heterocycles. The van der Waals surface area contributed by atoms with Crippen molar-refractivity contribution in [2.24, 2.45) is 0 Å². The molecule has 0 N–H and O–H groups in total. The number of amides is 1. The highest BCUT2D eigenvalue weighted by Crippen LogP contribution is 2.31. The highest BCUT2D eigenvalue weighted by Gasteiger charge is 2.18. The number of carbonyl (C=O) groups excluding carboxylic acids is 1. The molecule has 1 heterocycles. The summed E-state index contributed by atoms with van der Waals surface area (Å²) in [6.07, 6.45) is 0.852. The van der Waals surface area contributed by atoms with E-state index in [0.717, 1.165) is 6.42 Å². The maximum absolute atomic E-state index is 12.7. The minimum absolute atomic E-state index is 0.0282. The Morgan fingerprint density at radius 2 is 1.78 bits per heavy atom. The normalized spacial score (nSPS) is 12.7. The molecule has 120 valence electrons. The maximum Gasteiger partial charge on any atom is 0.253 e. The van der Waals surface area contributed by atoms with Gasteiger partial charge in [-0.2, -0.15) is 0 Å². The van der Waals surface area contributed by atoms with Crippen LogP contribution in [-0.4, -0.2) is 37.1 Å². The van der Waals surface area contributed by atoms with Gasteiger partial charge in [0, 0.05) is 18.7 Å². The van der Waals surface area contributed by atoms with Crippen LogP contribution in [0.4, 0.5) is 0 Å². The highest BCUT2D eigenvalue weighted by molar-refractivity contribution is 5.95. The fourth-order valence-electron chi connectivity index (χ4n) is 2.67. The first-order valence-electron chi connectivity index (χ1n) is 8.01. The molecule has 0 spiro atoms. The monoisotopic (exact) mass is 311 g/mol. The van der Waals surface area contributed by atoms with Crippen LogP contribution in [0, 0.1) is 0 Å². The van der Waals surface area contributed by atoms with Crippen molar-refractivity contribution in [3.05, 3.63) is 59.7 Å². The number of hydrogen-bond acceptors (Lipinski definition) is 3. The fourth-order valence-corrected chi connectivity index (χ4v) is 2.67. The number of carbonyl (C=O) groups is 1. The van der Waals surface area contributed by atoms with E-state index in [1.807, 2.05) is 36.1 Å². The van der Waals surface area contributed by atoms with Gasteiger partial charge in [-0.1, -0.05) is 30.3 Å². The number of ether oxygens (including phenoxy) is 2. The standard InChI is InChI=1S/C19H21NO3/c1-2-20(11-10-15-6-4-3-5-7-15)19(21)16-8-9-17-18(14-16)23-13-12-22-17/h3-9,14H,2,10-13H2,1H3. The first-order chi connectivity index (χ1) is 11.3. The van der Waals surface area contributed by atoms with Crippen LogP contribution in [0.5, 0.6) is 11.5 Å². The molecule has 0 radical (unpaired) electrons. The number of rotatable bonds is 5. The van der Waals surface area contributed by atoms with Crippen LogP contribution < -0.4 is 9.47 Å². The van der Waals surface area contributed by atoms with Crippen molar-refractivity contribution in [1.82, 2.24) is 4.90 Å². The topological polar surface area (TPSA) is 38.8 Å². The van der Waals surface area contributed by atoms with Crippen LogP contribution in [0.2, 0.25) is 0 Å². The number of likely N-dealkylation sites (N-methyl/N-ethyl adjacent to an activating group) is 1. The largest absolute Gasteiger partial charge is 0.486 e. The quantitative estimate of drug-likeness (QED) is 0.851. The van der Waals surface area contributed by atoms with Crippen molar-refractivity contribution in [2.75, 3.05) is 26.3 Å². The zero-order valence-corrected chi connectivity index (χ0v) is 13.3. The second-order valence-electron chi connectivity index (χ2n) is 5.48. The molecular weight excluding hydrogens is 290 g/mol. The minimum Gasteiger partial charge on any atom is -0.486 e. The van der Waals surface area contributed by atoms with Gasteiger partial charge in [0.15, 0.2) is 11.5 Å². The lowest BCUT2D eigenvalue weighted by atomic mass is 10.1. The predicted octanol–water partition coefficient (Wildman–Crippen LogP) is 3.16. The smallest absolute Gasteiger partial charge is 0.253 e. The molecule has 0 unspecified atom stereocenters. The first-order valence-corrected chi connectivity index (χ1v) is 8.01. The second-order valence-corrected chi connectivity index (χ2v) is 5.48. The third-order valence-electron chi connectivity index (χ3n) is 3.97. The molecule has 23 heavy (non-hydrogen) atoms. The Kier molecular flexibility index (Phi) is 4.81.